The van der Waals surface area contributed by atoms with E-state index < -0.39 is 0 Å². The van der Waals surface area contributed by atoms with Crippen molar-refractivity contribution < 1.29 is 9.53 Å². The summed E-state index contributed by atoms with van der Waals surface area (Å²) in [7, 11) is 0. The Balaban J connectivity index is 3.98. The summed E-state index contributed by atoms with van der Waals surface area (Å²) in [6.07, 6.45) is 10.7. The van der Waals surface area contributed by atoms with Crippen LogP contribution in [0.3, 0.4) is 0 Å². The first-order valence-corrected chi connectivity index (χ1v) is 10.3. The van der Waals surface area contributed by atoms with Crippen LogP contribution in [0.25, 0.3) is 0 Å². The highest BCUT2D eigenvalue weighted by Crippen LogP contribution is 2.22. The number of alkyl halides is 1. The van der Waals surface area contributed by atoms with E-state index in [4.69, 9.17) is 4.74 Å². The van der Waals surface area contributed by atoms with E-state index in [0.717, 1.165) is 43.9 Å². The molecule has 0 aromatic carbocycles. The number of rotatable bonds is 14. The normalized spacial score (nSPS) is 12.6. The van der Waals surface area contributed by atoms with Crippen molar-refractivity contribution >= 4 is 47.2 Å². The van der Waals surface area contributed by atoms with E-state index in [-0.39, 0.29) is 10.6 Å². The minimum atomic E-state index is -0.0244. The zero-order chi connectivity index (χ0) is 15.9. The molecule has 0 radical (unpaired) electrons. The highest BCUT2D eigenvalue weighted by atomic mass is 79.9. The van der Waals surface area contributed by atoms with Gasteiger partial charge in [0.05, 0.1) is 6.61 Å². The average Bonchev–Trinajstić information content (AvgIpc) is 2.45. The van der Waals surface area contributed by atoms with E-state index in [2.05, 4.69) is 41.2 Å². The molecule has 0 aliphatic rings. The van der Waals surface area contributed by atoms with Gasteiger partial charge >= 0.3 is 5.97 Å². The van der Waals surface area contributed by atoms with E-state index in [0.29, 0.717) is 18.9 Å². The number of unbranched alkanes of at least 4 members (excludes halogenated alkanes) is 3. The van der Waals surface area contributed by atoms with Crippen molar-refractivity contribution in [2.75, 3.05) is 11.9 Å². The summed E-state index contributed by atoms with van der Waals surface area (Å²) >= 11 is 12.0. The molecule has 5 heteroatoms. The van der Waals surface area contributed by atoms with Gasteiger partial charge in [0.1, 0.15) is 0 Å². The van der Waals surface area contributed by atoms with E-state index in [9.17, 15) is 4.79 Å². The maximum atomic E-state index is 11.8. The molecule has 126 valence electrons. The molecule has 0 heterocycles. The third-order valence-corrected chi connectivity index (χ3v) is 4.57. The Hall–Kier alpha value is 0.650. The molecule has 0 aromatic rings. The third kappa shape index (κ3) is 15.3. The molecule has 0 amide bonds. The van der Waals surface area contributed by atoms with Gasteiger partial charge in [0.15, 0.2) is 0 Å². The fraction of sp³-hybridized carbons (Fsp3) is 0.938. The summed E-state index contributed by atoms with van der Waals surface area (Å²) in [5.41, 5.74) is 0. The van der Waals surface area contributed by atoms with Gasteiger partial charge in [-0.2, -0.15) is 25.3 Å². The number of carbonyl (C=O) groups excluding carboxylic acids is 1. The fourth-order valence-electron chi connectivity index (χ4n) is 2.32. The molecule has 21 heavy (non-hydrogen) atoms. The molecule has 0 fully saturated rings. The molecule has 0 aliphatic carbocycles. The molecule has 0 aliphatic heterocycles. The Bertz CT molecular complexity index is 250. The number of hydrogen-bond donors (Lipinski definition) is 2. The maximum absolute atomic E-state index is 11.8. The summed E-state index contributed by atoms with van der Waals surface area (Å²) < 4.78 is 5.40. The Morgan fingerprint density at radius 3 is 2.24 bits per heavy atom. The Kier molecular flexibility index (Phi) is 16.0. The Labute approximate surface area is 150 Å². The van der Waals surface area contributed by atoms with Crippen LogP contribution in [0, 0.1) is 5.92 Å². The van der Waals surface area contributed by atoms with E-state index in [1.54, 1.807) is 0 Å². The molecule has 0 aromatic heterocycles. The van der Waals surface area contributed by atoms with Crippen LogP contribution < -0.4 is 0 Å². The Morgan fingerprint density at radius 2 is 1.67 bits per heavy atom. The maximum Gasteiger partial charge on any atom is 0.306 e. The molecular formula is C16H31BrO2S2. The van der Waals surface area contributed by atoms with Crippen LogP contribution in [0.4, 0.5) is 0 Å². The molecular weight excluding hydrogens is 368 g/mol. The molecule has 0 spiro atoms. The molecule has 2 nitrogen and oxygen atoms in total. The summed E-state index contributed by atoms with van der Waals surface area (Å²) in [5.74, 6) is 0.451. The number of thiol groups is 2. The van der Waals surface area contributed by atoms with E-state index in [1.165, 1.54) is 19.3 Å². The topological polar surface area (TPSA) is 26.3 Å². The summed E-state index contributed by atoms with van der Waals surface area (Å²) in [5, 5.41) is 1.07. The van der Waals surface area contributed by atoms with Gasteiger partial charge in [-0.3, -0.25) is 4.79 Å². The van der Waals surface area contributed by atoms with Gasteiger partial charge in [0, 0.05) is 16.3 Å². The van der Waals surface area contributed by atoms with Crippen molar-refractivity contribution in [3.05, 3.63) is 0 Å². The van der Waals surface area contributed by atoms with Crippen LogP contribution in [-0.4, -0.2) is 22.5 Å². The predicted molar refractivity (Wildman–Crippen MR) is 102 cm³/mol. The summed E-state index contributed by atoms with van der Waals surface area (Å²) in [6.45, 7) is 2.58. The molecule has 0 rings (SSSR count). The monoisotopic (exact) mass is 398 g/mol. The van der Waals surface area contributed by atoms with Crippen LogP contribution >= 0.6 is 41.2 Å². The van der Waals surface area contributed by atoms with Crippen molar-refractivity contribution in [1.29, 1.82) is 0 Å². The average molecular weight is 399 g/mol. The second-order valence-corrected chi connectivity index (χ2v) is 8.04. The molecule has 1 unspecified atom stereocenters. The van der Waals surface area contributed by atoms with Crippen LogP contribution in [0.5, 0.6) is 0 Å². The Morgan fingerprint density at radius 1 is 1.05 bits per heavy atom. The van der Waals surface area contributed by atoms with Crippen molar-refractivity contribution in [3.8, 4) is 0 Å². The van der Waals surface area contributed by atoms with Gasteiger partial charge in [-0.05, 0) is 38.0 Å². The van der Waals surface area contributed by atoms with Crippen LogP contribution in [0.2, 0.25) is 0 Å². The quantitative estimate of drug-likeness (QED) is 0.130. The molecule has 0 saturated heterocycles. The number of hydrogen-bond acceptors (Lipinski definition) is 4. The lowest BCUT2D eigenvalue weighted by Crippen LogP contribution is -2.12. The predicted octanol–water partition coefficient (Wildman–Crippen LogP) is 5.65. The first kappa shape index (κ1) is 21.6. The molecule has 0 saturated carbocycles. The van der Waals surface area contributed by atoms with Crippen molar-refractivity contribution in [2.24, 2.45) is 5.92 Å². The number of carbonyl (C=O) groups is 1. The lowest BCUT2D eigenvalue weighted by Gasteiger charge is -2.16. The summed E-state index contributed by atoms with van der Waals surface area (Å²) in [6, 6.07) is 0. The zero-order valence-electron chi connectivity index (χ0n) is 13.2. The zero-order valence-corrected chi connectivity index (χ0v) is 16.6. The second kappa shape index (κ2) is 15.5. The van der Waals surface area contributed by atoms with Gasteiger partial charge in [0.2, 0.25) is 0 Å². The highest BCUT2D eigenvalue weighted by Gasteiger charge is 2.14. The van der Waals surface area contributed by atoms with Gasteiger partial charge in [-0.15, -0.1) is 0 Å². The minimum absolute atomic E-state index is 0.0244. The molecule has 0 N–H and O–H groups in total. The lowest BCUT2D eigenvalue weighted by atomic mass is 9.92. The minimum Gasteiger partial charge on any atom is -0.466 e. The highest BCUT2D eigenvalue weighted by molar-refractivity contribution is 9.09. The number of esters is 1. The van der Waals surface area contributed by atoms with Crippen molar-refractivity contribution in [1.82, 2.24) is 0 Å². The van der Waals surface area contributed by atoms with Crippen LogP contribution in [-0.2, 0) is 9.53 Å². The van der Waals surface area contributed by atoms with Gasteiger partial charge in [0.25, 0.3) is 0 Å². The van der Waals surface area contributed by atoms with Gasteiger partial charge in [-0.1, -0.05) is 48.5 Å². The summed E-state index contributed by atoms with van der Waals surface area (Å²) in [4.78, 5) is 11.8. The lowest BCUT2D eigenvalue weighted by molar-refractivity contribution is -0.144. The van der Waals surface area contributed by atoms with Crippen molar-refractivity contribution in [2.45, 2.75) is 75.7 Å². The van der Waals surface area contributed by atoms with E-state index >= 15 is 0 Å². The molecule has 0 bridgehead atoms. The van der Waals surface area contributed by atoms with Crippen LogP contribution in [0.15, 0.2) is 0 Å². The fourth-order valence-corrected chi connectivity index (χ4v) is 3.08. The van der Waals surface area contributed by atoms with Gasteiger partial charge in [-0.25, -0.2) is 0 Å². The number of ether oxygens (including phenoxy) is 1. The third-order valence-electron chi connectivity index (χ3n) is 3.49. The SMILES string of the molecule is CCCOC(=O)CC(CCCCCBr)CCCCC(S)S. The van der Waals surface area contributed by atoms with Crippen LogP contribution in [0.1, 0.15) is 71.1 Å². The van der Waals surface area contributed by atoms with Gasteiger partial charge < -0.3 is 4.74 Å². The largest absolute Gasteiger partial charge is 0.466 e. The smallest absolute Gasteiger partial charge is 0.306 e. The first-order chi connectivity index (χ1) is 10.1. The van der Waals surface area contributed by atoms with E-state index in [1.807, 2.05) is 6.92 Å². The first-order valence-electron chi connectivity index (χ1n) is 8.17. The number of halogens is 1. The molecule has 1 atom stereocenters. The second-order valence-electron chi connectivity index (χ2n) is 5.59. The van der Waals surface area contributed by atoms with Crippen molar-refractivity contribution in [3.63, 3.8) is 0 Å². The standard InChI is InChI=1S/C16H31BrO2S2/c1-2-12-19-15(18)13-14(8-4-3-7-11-17)9-5-6-10-16(20)21/h14,16,20-21H,2-13H2,1H3.